The molecule has 1 amide bonds. The van der Waals surface area contributed by atoms with Gasteiger partial charge in [-0.05, 0) is 62.3 Å². The van der Waals surface area contributed by atoms with Crippen LogP contribution in [0.15, 0.2) is 53.3 Å². The summed E-state index contributed by atoms with van der Waals surface area (Å²) in [6, 6.07) is 15.1. The van der Waals surface area contributed by atoms with Crippen LogP contribution >= 0.6 is 11.6 Å². The number of likely N-dealkylation sites (tertiary alicyclic amines) is 1. The fraction of sp³-hybridized carbons (Fsp3) is 0.367. The zero-order chi connectivity index (χ0) is 28.2. The highest BCUT2D eigenvalue weighted by atomic mass is 35.5. The molecule has 5 rings (SSSR count). The Hall–Kier alpha value is -3.66. The van der Waals surface area contributed by atoms with Gasteiger partial charge in [0, 0.05) is 61.2 Å². The molecule has 210 valence electrons. The van der Waals surface area contributed by atoms with Crippen molar-refractivity contribution in [2.24, 2.45) is 0 Å². The van der Waals surface area contributed by atoms with Gasteiger partial charge in [0.1, 0.15) is 16.7 Å². The summed E-state index contributed by atoms with van der Waals surface area (Å²) in [5, 5.41) is 8.51. The molecule has 1 aliphatic rings. The van der Waals surface area contributed by atoms with Crippen molar-refractivity contribution < 1.29 is 14.3 Å². The average molecular weight is 564 g/mol. The van der Waals surface area contributed by atoms with Crippen molar-refractivity contribution in [2.45, 2.75) is 32.0 Å². The van der Waals surface area contributed by atoms with E-state index >= 15 is 0 Å². The molecule has 2 aromatic heterocycles. The minimum absolute atomic E-state index is 0.200. The van der Waals surface area contributed by atoms with Crippen molar-refractivity contribution in [1.82, 2.24) is 25.1 Å². The van der Waals surface area contributed by atoms with E-state index in [1.807, 2.05) is 30.3 Å². The number of carbonyl (C=O) groups is 1. The highest BCUT2D eigenvalue weighted by Crippen LogP contribution is 2.25. The quantitative estimate of drug-likeness (QED) is 0.299. The smallest absolute Gasteiger partial charge is 0.251 e. The lowest BCUT2D eigenvalue weighted by Gasteiger charge is -2.32. The van der Waals surface area contributed by atoms with Gasteiger partial charge in [0.05, 0.1) is 30.8 Å². The van der Waals surface area contributed by atoms with E-state index in [1.54, 1.807) is 31.9 Å². The van der Waals surface area contributed by atoms with Crippen LogP contribution in [0.25, 0.3) is 21.8 Å². The fourth-order valence-corrected chi connectivity index (χ4v) is 5.54. The van der Waals surface area contributed by atoms with E-state index in [1.165, 1.54) is 6.07 Å². The van der Waals surface area contributed by atoms with E-state index in [0.29, 0.717) is 41.1 Å². The SMILES string of the molecule is CNC(=O)c1cc(=O)n(CCN2CCC(NCc3cc4cc(OC)ccc4nc3Cl)CC2)c2cc(OC)ccc12. The molecule has 0 aliphatic carbocycles. The summed E-state index contributed by atoms with van der Waals surface area (Å²) in [5.74, 6) is 1.15. The molecular weight excluding hydrogens is 530 g/mol. The maximum atomic E-state index is 13.1. The molecule has 1 aliphatic heterocycles. The first-order valence-corrected chi connectivity index (χ1v) is 13.8. The molecule has 40 heavy (non-hydrogen) atoms. The van der Waals surface area contributed by atoms with Crippen LogP contribution in [0.1, 0.15) is 28.8 Å². The lowest BCUT2D eigenvalue weighted by molar-refractivity contribution is 0.0964. The van der Waals surface area contributed by atoms with Gasteiger partial charge in [-0.3, -0.25) is 9.59 Å². The van der Waals surface area contributed by atoms with Crippen LogP contribution in [-0.2, 0) is 13.1 Å². The number of hydrogen-bond acceptors (Lipinski definition) is 7. The van der Waals surface area contributed by atoms with Crippen LogP contribution < -0.4 is 25.7 Å². The molecule has 0 spiro atoms. The number of piperidine rings is 1. The molecule has 0 saturated carbocycles. The van der Waals surface area contributed by atoms with Gasteiger partial charge in [0.15, 0.2) is 0 Å². The maximum absolute atomic E-state index is 13.1. The van der Waals surface area contributed by atoms with Crippen molar-refractivity contribution in [3.8, 4) is 11.5 Å². The van der Waals surface area contributed by atoms with E-state index in [9.17, 15) is 9.59 Å². The highest BCUT2D eigenvalue weighted by Gasteiger charge is 2.20. The third-order valence-corrected chi connectivity index (χ3v) is 7.98. The number of benzene rings is 2. The Bertz CT molecular complexity index is 1600. The van der Waals surface area contributed by atoms with E-state index in [0.717, 1.165) is 60.1 Å². The average Bonchev–Trinajstić information content (AvgIpc) is 2.98. The number of halogens is 1. The number of aromatic nitrogens is 2. The Labute approximate surface area is 238 Å². The van der Waals surface area contributed by atoms with Gasteiger partial charge in [-0.25, -0.2) is 4.98 Å². The molecule has 0 radical (unpaired) electrons. The van der Waals surface area contributed by atoms with Crippen LogP contribution in [-0.4, -0.2) is 67.3 Å². The monoisotopic (exact) mass is 563 g/mol. The summed E-state index contributed by atoms with van der Waals surface area (Å²) < 4.78 is 12.5. The number of fused-ring (bicyclic) bond motifs is 2. The summed E-state index contributed by atoms with van der Waals surface area (Å²) >= 11 is 6.48. The predicted molar refractivity (Wildman–Crippen MR) is 158 cm³/mol. The zero-order valence-electron chi connectivity index (χ0n) is 23.0. The minimum Gasteiger partial charge on any atom is -0.497 e. The summed E-state index contributed by atoms with van der Waals surface area (Å²) in [7, 11) is 4.80. The van der Waals surface area contributed by atoms with E-state index < -0.39 is 0 Å². The molecule has 2 aromatic carbocycles. The second kappa shape index (κ2) is 12.2. The van der Waals surface area contributed by atoms with Crippen LogP contribution in [0.2, 0.25) is 5.15 Å². The molecule has 0 unspecified atom stereocenters. The first kappa shape index (κ1) is 27.9. The van der Waals surface area contributed by atoms with Gasteiger partial charge in [-0.1, -0.05) is 11.6 Å². The number of nitrogens with one attached hydrogen (secondary N) is 2. The number of rotatable bonds is 9. The standard InChI is InChI=1S/C30H34ClN5O4/c1-32-30(38)25-17-28(37)36(27-16-23(40-3)4-6-24(25)27)13-12-35-10-8-21(9-11-35)33-18-20-14-19-15-22(39-2)5-7-26(19)34-29(20)31/h4-7,14-17,21,33H,8-13,18H2,1-3H3,(H,32,38). The summed E-state index contributed by atoms with van der Waals surface area (Å²) in [4.78, 5) is 32.4. The van der Waals surface area contributed by atoms with E-state index in [-0.39, 0.29) is 11.5 Å². The molecule has 9 nitrogen and oxygen atoms in total. The number of carbonyl (C=O) groups excluding carboxylic acids is 1. The summed E-state index contributed by atoms with van der Waals surface area (Å²) in [5.41, 5.74) is 2.67. The number of nitrogens with zero attached hydrogens (tertiary/aromatic N) is 3. The van der Waals surface area contributed by atoms with Crippen molar-refractivity contribution in [2.75, 3.05) is 40.9 Å². The molecule has 3 heterocycles. The third-order valence-electron chi connectivity index (χ3n) is 7.65. The topological polar surface area (TPSA) is 97.7 Å². The zero-order valence-corrected chi connectivity index (χ0v) is 23.8. The van der Waals surface area contributed by atoms with Crippen LogP contribution in [0.4, 0.5) is 0 Å². The van der Waals surface area contributed by atoms with Gasteiger partial charge in [0.2, 0.25) is 0 Å². The van der Waals surface area contributed by atoms with Crippen molar-refractivity contribution in [3.63, 3.8) is 0 Å². The molecule has 0 atom stereocenters. The van der Waals surface area contributed by atoms with Gasteiger partial charge < -0.3 is 29.6 Å². The molecule has 0 bridgehead atoms. The normalized spacial score (nSPS) is 14.5. The summed E-state index contributed by atoms with van der Waals surface area (Å²) in [6.07, 6.45) is 1.98. The molecule has 1 fully saturated rings. The van der Waals surface area contributed by atoms with Gasteiger partial charge >= 0.3 is 0 Å². The van der Waals surface area contributed by atoms with Crippen molar-refractivity contribution >= 4 is 39.3 Å². The second-order valence-corrected chi connectivity index (χ2v) is 10.4. The Morgan fingerprint density at radius 1 is 1.02 bits per heavy atom. The summed E-state index contributed by atoms with van der Waals surface area (Å²) in [6.45, 7) is 3.75. The van der Waals surface area contributed by atoms with Crippen LogP contribution in [0.3, 0.4) is 0 Å². The Morgan fingerprint density at radius 2 is 1.75 bits per heavy atom. The molecule has 1 saturated heterocycles. The number of amides is 1. The maximum Gasteiger partial charge on any atom is 0.251 e. The number of methoxy groups -OCH3 is 2. The molecule has 2 N–H and O–H groups in total. The number of ether oxygens (including phenoxy) is 2. The number of pyridine rings is 2. The fourth-order valence-electron chi connectivity index (χ4n) is 5.32. The predicted octanol–water partition coefficient (Wildman–Crippen LogP) is 3.83. The van der Waals surface area contributed by atoms with E-state index in [2.05, 4.69) is 26.6 Å². The van der Waals surface area contributed by atoms with Gasteiger partial charge in [-0.2, -0.15) is 0 Å². The number of hydrogen-bond donors (Lipinski definition) is 2. The van der Waals surface area contributed by atoms with Crippen molar-refractivity contribution in [3.05, 3.63) is 75.2 Å². The molecular formula is C30H34ClN5O4. The van der Waals surface area contributed by atoms with Crippen LogP contribution in [0.5, 0.6) is 11.5 Å². The molecule has 10 heteroatoms. The molecule has 4 aromatic rings. The van der Waals surface area contributed by atoms with Crippen molar-refractivity contribution in [1.29, 1.82) is 0 Å². The van der Waals surface area contributed by atoms with Gasteiger partial charge in [0.25, 0.3) is 11.5 Å². The highest BCUT2D eigenvalue weighted by molar-refractivity contribution is 6.30. The Kier molecular flexibility index (Phi) is 8.54. The minimum atomic E-state index is -0.283. The largest absolute Gasteiger partial charge is 0.497 e. The first-order valence-electron chi connectivity index (χ1n) is 13.4. The lowest BCUT2D eigenvalue weighted by atomic mass is 10.0. The third kappa shape index (κ3) is 5.91. The van der Waals surface area contributed by atoms with E-state index in [4.69, 9.17) is 21.1 Å². The first-order chi connectivity index (χ1) is 19.4. The Morgan fingerprint density at radius 3 is 2.48 bits per heavy atom. The van der Waals surface area contributed by atoms with Gasteiger partial charge in [-0.15, -0.1) is 0 Å². The second-order valence-electron chi connectivity index (χ2n) is 10.0. The van der Waals surface area contributed by atoms with Crippen LogP contribution in [0, 0.1) is 0 Å². The lowest BCUT2D eigenvalue weighted by Crippen LogP contribution is -2.43. The Balaban J connectivity index is 1.21.